The van der Waals surface area contributed by atoms with Crippen LogP contribution in [0.5, 0.6) is 5.75 Å². The topological polar surface area (TPSA) is 126 Å². The summed E-state index contributed by atoms with van der Waals surface area (Å²) < 4.78 is 9.82. The second-order valence-corrected chi connectivity index (χ2v) is 9.21. The van der Waals surface area contributed by atoms with Crippen LogP contribution in [0.1, 0.15) is 88.8 Å². The standard InChI is InChI=1S/C30H41NO7/c1-7-8-9-12-21(3)24(32)17-15-20(2)14-16-23(5)28(34)27-25(33)19-26(38-29(27)35)22(4)13-10-11-18-31-30(36)37-6/h7-8,11-12,14,16,18-19,22,24,32-33H,9-10,13,15,17H2,1-6H3,(H,31,36)/t22-,24-/m1/s1. The Labute approximate surface area is 225 Å². The SMILES string of the molecule is CC=CCC=C(C)[C@H](O)CCC(C)=CC=C(C)C(=O)c1c(O)cc([C@H](C)CCC=CNC(=O)OC)oc1=O. The van der Waals surface area contributed by atoms with E-state index in [9.17, 15) is 24.6 Å². The average Bonchev–Trinajstić information content (AvgIpc) is 2.89. The molecular weight excluding hydrogens is 486 g/mol. The lowest BCUT2D eigenvalue weighted by molar-refractivity contribution is 0.102. The number of hydrogen-bond acceptors (Lipinski definition) is 7. The van der Waals surface area contributed by atoms with Gasteiger partial charge in [0, 0.05) is 18.2 Å². The maximum Gasteiger partial charge on any atom is 0.410 e. The predicted octanol–water partition coefficient (Wildman–Crippen LogP) is 6.23. The summed E-state index contributed by atoms with van der Waals surface area (Å²) in [5, 5.41) is 23.2. The van der Waals surface area contributed by atoms with E-state index in [1.165, 1.54) is 19.4 Å². The highest BCUT2D eigenvalue weighted by molar-refractivity contribution is 6.09. The molecule has 0 aliphatic heterocycles. The third-order valence-corrected chi connectivity index (χ3v) is 6.06. The molecule has 2 atom stereocenters. The molecule has 0 saturated heterocycles. The number of rotatable bonds is 14. The van der Waals surface area contributed by atoms with Gasteiger partial charge in [0.2, 0.25) is 0 Å². The summed E-state index contributed by atoms with van der Waals surface area (Å²) in [5.74, 6) is -0.976. The number of amides is 1. The number of aliphatic hydroxyl groups is 1. The monoisotopic (exact) mass is 527 g/mol. The van der Waals surface area contributed by atoms with Crippen molar-refractivity contribution in [1.82, 2.24) is 5.32 Å². The van der Waals surface area contributed by atoms with Crippen LogP contribution in [-0.2, 0) is 4.74 Å². The van der Waals surface area contributed by atoms with Crippen molar-refractivity contribution in [2.45, 2.75) is 78.7 Å². The molecule has 0 unspecified atom stereocenters. The molecule has 1 aromatic heterocycles. The first-order valence-corrected chi connectivity index (χ1v) is 12.7. The highest BCUT2D eigenvalue weighted by atomic mass is 16.5. The van der Waals surface area contributed by atoms with Gasteiger partial charge in [-0.2, -0.15) is 0 Å². The van der Waals surface area contributed by atoms with Gasteiger partial charge in [-0.05, 0) is 70.9 Å². The van der Waals surface area contributed by atoms with Crippen molar-refractivity contribution in [1.29, 1.82) is 0 Å². The second kappa shape index (κ2) is 17.0. The molecule has 1 rings (SSSR count). The number of Topliss-reactive ketones (excluding diaryl/α,β-unsaturated/α-hetero) is 1. The van der Waals surface area contributed by atoms with E-state index in [0.717, 1.165) is 17.6 Å². The molecule has 0 bridgehead atoms. The van der Waals surface area contributed by atoms with Crippen molar-refractivity contribution in [3.63, 3.8) is 0 Å². The zero-order valence-electron chi connectivity index (χ0n) is 23.2. The van der Waals surface area contributed by atoms with Crippen molar-refractivity contribution in [3.05, 3.63) is 87.2 Å². The van der Waals surface area contributed by atoms with E-state index in [4.69, 9.17) is 4.42 Å². The first kappa shape index (κ1) is 32.4. The Hall–Kier alpha value is -3.65. The van der Waals surface area contributed by atoms with E-state index in [1.54, 1.807) is 25.2 Å². The molecule has 0 fully saturated rings. The highest BCUT2D eigenvalue weighted by Crippen LogP contribution is 2.26. The average molecular weight is 528 g/mol. The van der Waals surface area contributed by atoms with Crippen LogP contribution in [0.25, 0.3) is 0 Å². The van der Waals surface area contributed by atoms with Crippen LogP contribution in [0.3, 0.4) is 0 Å². The molecule has 0 aliphatic carbocycles. The molecule has 0 radical (unpaired) electrons. The van der Waals surface area contributed by atoms with Crippen molar-refractivity contribution in [3.8, 4) is 5.75 Å². The van der Waals surface area contributed by atoms with Crippen LogP contribution in [0.15, 0.2) is 74.7 Å². The highest BCUT2D eigenvalue weighted by Gasteiger charge is 2.22. The third-order valence-electron chi connectivity index (χ3n) is 6.06. The maximum atomic E-state index is 12.9. The Morgan fingerprint density at radius 1 is 1.16 bits per heavy atom. The quantitative estimate of drug-likeness (QED) is 0.113. The predicted molar refractivity (Wildman–Crippen MR) is 149 cm³/mol. The van der Waals surface area contributed by atoms with Crippen molar-refractivity contribution in [2.24, 2.45) is 0 Å². The largest absolute Gasteiger partial charge is 0.507 e. The Balaban J connectivity index is 2.82. The Kier molecular flexibility index (Phi) is 14.5. The minimum Gasteiger partial charge on any atom is -0.507 e. The Bertz CT molecular complexity index is 1150. The summed E-state index contributed by atoms with van der Waals surface area (Å²) in [6.45, 7) is 9.16. The number of ether oxygens (including phenoxy) is 1. The fraction of sp³-hybridized carbons (Fsp3) is 0.433. The van der Waals surface area contributed by atoms with Gasteiger partial charge in [-0.25, -0.2) is 9.59 Å². The number of alkyl carbamates (subject to hydrolysis) is 1. The normalized spacial score (nSPS) is 14.7. The lowest BCUT2D eigenvalue weighted by atomic mass is 9.99. The molecule has 0 saturated carbocycles. The zero-order chi connectivity index (χ0) is 28.7. The minimum absolute atomic E-state index is 0.209. The fourth-order valence-electron chi connectivity index (χ4n) is 3.45. The van der Waals surface area contributed by atoms with Gasteiger partial charge < -0.3 is 19.4 Å². The molecule has 0 spiro atoms. The van der Waals surface area contributed by atoms with Gasteiger partial charge in [-0.15, -0.1) is 0 Å². The number of ketones is 1. The first-order chi connectivity index (χ1) is 18.0. The lowest BCUT2D eigenvalue weighted by Crippen LogP contribution is -2.17. The van der Waals surface area contributed by atoms with E-state index >= 15 is 0 Å². The van der Waals surface area contributed by atoms with Crippen LogP contribution in [-0.4, -0.2) is 35.3 Å². The van der Waals surface area contributed by atoms with E-state index in [2.05, 4.69) is 10.1 Å². The van der Waals surface area contributed by atoms with Crippen LogP contribution < -0.4 is 10.9 Å². The molecule has 8 heteroatoms. The summed E-state index contributed by atoms with van der Waals surface area (Å²) in [6, 6.07) is 1.30. The molecule has 0 aliphatic rings. The smallest absolute Gasteiger partial charge is 0.410 e. The first-order valence-electron chi connectivity index (χ1n) is 12.7. The molecule has 8 nitrogen and oxygen atoms in total. The maximum absolute atomic E-state index is 12.9. The number of carbonyl (C=O) groups is 2. The lowest BCUT2D eigenvalue weighted by Gasteiger charge is -2.11. The zero-order valence-corrected chi connectivity index (χ0v) is 23.2. The van der Waals surface area contributed by atoms with Gasteiger partial charge >= 0.3 is 11.7 Å². The summed E-state index contributed by atoms with van der Waals surface area (Å²) in [4.78, 5) is 36.4. The van der Waals surface area contributed by atoms with Crippen LogP contribution >= 0.6 is 0 Å². The number of nitrogens with one attached hydrogen (secondary N) is 1. The van der Waals surface area contributed by atoms with Gasteiger partial charge in [-0.1, -0.05) is 49.0 Å². The number of methoxy groups -OCH3 is 1. The third kappa shape index (κ3) is 11.2. The van der Waals surface area contributed by atoms with Gasteiger partial charge in [0.05, 0.1) is 13.2 Å². The van der Waals surface area contributed by atoms with Gasteiger partial charge in [0.25, 0.3) is 0 Å². The summed E-state index contributed by atoms with van der Waals surface area (Å²) in [6.07, 6.45) is 14.6. The summed E-state index contributed by atoms with van der Waals surface area (Å²) >= 11 is 0. The molecule has 0 aromatic carbocycles. The number of carbonyl (C=O) groups excluding carboxylic acids is 2. The number of aliphatic hydroxyl groups excluding tert-OH is 1. The van der Waals surface area contributed by atoms with E-state index in [0.29, 0.717) is 25.7 Å². The summed E-state index contributed by atoms with van der Waals surface area (Å²) in [7, 11) is 1.27. The minimum atomic E-state index is -0.892. The molecule has 38 heavy (non-hydrogen) atoms. The van der Waals surface area contributed by atoms with Crippen molar-refractivity contribution < 1.29 is 29.0 Å². The molecule has 208 valence electrons. The summed E-state index contributed by atoms with van der Waals surface area (Å²) in [5.41, 5.74) is 0.870. The van der Waals surface area contributed by atoms with E-state index in [1.807, 2.05) is 45.9 Å². The number of hydrogen-bond donors (Lipinski definition) is 3. The van der Waals surface area contributed by atoms with Gasteiger partial charge in [0.1, 0.15) is 17.1 Å². The van der Waals surface area contributed by atoms with Crippen LogP contribution in [0, 0.1) is 0 Å². The van der Waals surface area contributed by atoms with E-state index < -0.39 is 34.9 Å². The number of aromatic hydroxyl groups is 1. The number of allylic oxidation sites excluding steroid dienone is 8. The van der Waals surface area contributed by atoms with Crippen molar-refractivity contribution in [2.75, 3.05) is 7.11 Å². The molecule has 1 heterocycles. The fourth-order valence-corrected chi connectivity index (χ4v) is 3.45. The van der Waals surface area contributed by atoms with Crippen LogP contribution in [0.4, 0.5) is 4.79 Å². The van der Waals surface area contributed by atoms with Gasteiger partial charge in [0.15, 0.2) is 5.78 Å². The van der Waals surface area contributed by atoms with Gasteiger partial charge in [-0.3, -0.25) is 10.1 Å². The second-order valence-electron chi connectivity index (χ2n) is 9.21. The Morgan fingerprint density at radius 3 is 2.50 bits per heavy atom. The Morgan fingerprint density at radius 2 is 1.87 bits per heavy atom. The molecule has 1 aromatic rings. The molecule has 1 amide bonds. The molecular formula is C30H41NO7. The van der Waals surface area contributed by atoms with Crippen LogP contribution in [0.2, 0.25) is 0 Å². The van der Waals surface area contributed by atoms with E-state index in [-0.39, 0.29) is 17.3 Å². The molecule has 3 N–H and O–H groups in total. The van der Waals surface area contributed by atoms with Crippen molar-refractivity contribution >= 4 is 11.9 Å².